The number of hydrogen-bond donors (Lipinski definition) is 1. The Morgan fingerprint density at radius 2 is 2.00 bits per heavy atom. The van der Waals surface area contributed by atoms with Gasteiger partial charge in [-0.2, -0.15) is 0 Å². The molecule has 0 radical (unpaired) electrons. The minimum Gasteiger partial charge on any atom is -0.451 e. The van der Waals surface area contributed by atoms with Crippen LogP contribution >= 0.6 is 0 Å². The summed E-state index contributed by atoms with van der Waals surface area (Å²) in [5.74, 6) is 0.443. The number of rotatable bonds is 3. The number of piperidine rings is 1. The standard InChI is InChI=1S/C17H19FN2O2/c18-13-6-4-12(5-7-13)15-8-9-16(22-15)17(21)20-10-2-1-3-14(20)11-19/h4-9,14H,1-3,10-11,19H2. The van der Waals surface area contributed by atoms with Crippen molar-refractivity contribution < 1.29 is 13.6 Å². The van der Waals surface area contributed by atoms with Crippen LogP contribution in [0.1, 0.15) is 29.8 Å². The zero-order valence-electron chi connectivity index (χ0n) is 12.3. The second-order valence-corrected chi connectivity index (χ2v) is 5.55. The third kappa shape index (κ3) is 2.90. The predicted molar refractivity (Wildman–Crippen MR) is 81.8 cm³/mol. The number of nitrogens with zero attached hydrogens (tertiary/aromatic N) is 1. The molecule has 1 aliphatic rings. The number of carbonyl (C=O) groups excluding carboxylic acids is 1. The Labute approximate surface area is 128 Å². The summed E-state index contributed by atoms with van der Waals surface area (Å²) in [7, 11) is 0. The maximum absolute atomic E-state index is 13.0. The van der Waals surface area contributed by atoms with E-state index in [1.54, 1.807) is 29.2 Å². The van der Waals surface area contributed by atoms with Crippen LogP contribution in [-0.4, -0.2) is 29.9 Å². The average Bonchev–Trinajstić information content (AvgIpc) is 3.05. The van der Waals surface area contributed by atoms with Gasteiger partial charge in [0.2, 0.25) is 0 Å². The number of nitrogens with two attached hydrogens (primary N) is 1. The van der Waals surface area contributed by atoms with Crippen LogP contribution in [0.15, 0.2) is 40.8 Å². The van der Waals surface area contributed by atoms with Gasteiger partial charge in [0.05, 0.1) is 0 Å². The molecule has 0 bridgehead atoms. The number of benzene rings is 1. The van der Waals surface area contributed by atoms with Crippen molar-refractivity contribution in [3.05, 3.63) is 48.0 Å². The molecule has 3 rings (SSSR count). The minimum atomic E-state index is -0.300. The molecular weight excluding hydrogens is 283 g/mol. The first-order chi connectivity index (χ1) is 10.7. The van der Waals surface area contributed by atoms with Crippen LogP contribution in [0.3, 0.4) is 0 Å². The Hall–Kier alpha value is -2.14. The van der Waals surface area contributed by atoms with Gasteiger partial charge in [-0.1, -0.05) is 0 Å². The van der Waals surface area contributed by atoms with E-state index in [0.717, 1.165) is 24.8 Å². The smallest absolute Gasteiger partial charge is 0.289 e. The highest BCUT2D eigenvalue weighted by Crippen LogP contribution is 2.25. The van der Waals surface area contributed by atoms with Gasteiger partial charge in [-0.05, 0) is 55.7 Å². The van der Waals surface area contributed by atoms with Gasteiger partial charge >= 0.3 is 0 Å². The van der Waals surface area contributed by atoms with E-state index < -0.39 is 0 Å². The molecule has 0 saturated carbocycles. The van der Waals surface area contributed by atoms with E-state index in [2.05, 4.69) is 0 Å². The molecule has 1 amide bonds. The first-order valence-electron chi connectivity index (χ1n) is 7.56. The van der Waals surface area contributed by atoms with E-state index in [9.17, 15) is 9.18 Å². The molecule has 1 unspecified atom stereocenters. The predicted octanol–water partition coefficient (Wildman–Crippen LogP) is 3.04. The first kappa shape index (κ1) is 14.8. The van der Waals surface area contributed by atoms with Gasteiger partial charge in [0.1, 0.15) is 11.6 Å². The fourth-order valence-electron chi connectivity index (χ4n) is 2.88. The van der Waals surface area contributed by atoms with Crippen molar-refractivity contribution >= 4 is 5.91 Å². The zero-order valence-corrected chi connectivity index (χ0v) is 12.3. The minimum absolute atomic E-state index is 0.0839. The van der Waals surface area contributed by atoms with Gasteiger partial charge in [-0.25, -0.2) is 4.39 Å². The van der Waals surface area contributed by atoms with Gasteiger partial charge < -0.3 is 15.1 Å². The summed E-state index contributed by atoms with van der Waals surface area (Å²) in [6.07, 6.45) is 3.03. The molecule has 1 aromatic carbocycles. The van der Waals surface area contributed by atoms with Crippen LogP contribution < -0.4 is 5.73 Å². The summed E-state index contributed by atoms with van der Waals surface area (Å²) in [4.78, 5) is 14.4. The number of likely N-dealkylation sites (tertiary alicyclic amines) is 1. The summed E-state index contributed by atoms with van der Waals surface area (Å²) < 4.78 is 18.6. The lowest BCUT2D eigenvalue weighted by atomic mass is 10.0. The number of halogens is 1. The molecule has 1 atom stereocenters. The highest BCUT2D eigenvalue weighted by molar-refractivity contribution is 5.92. The van der Waals surface area contributed by atoms with Gasteiger partial charge in [0, 0.05) is 24.7 Å². The van der Waals surface area contributed by atoms with Crippen LogP contribution in [0.5, 0.6) is 0 Å². The molecule has 116 valence electrons. The van der Waals surface area contributed by atoms with Gasteiger partial charge in [0.25, 0.3) is 5.91 Å². The molecule has 2 aromatic rings. The highest BCUT2D eigenvalue weighted by atomic mass is 19.1. The normalized spacial score (nSPS) is 18.5. The summed E-state index contributed by atoms with van der Waals surface area (Å²) in [5.41, 5.74) is 6.50. The molecule has 2 heterocycles. The van der Waals surface area contributed by atoms with Crippen molar-refractivity contribution in [2.45, 2.75) is 25.3 Å². The van der Waals surface area contributed by atoms with E-state index in [1.807, 2.05) is 0 Å². The third-order valence-corrected chi connectivity index (χ3v) is 4.11. The maximum Gasteiger partial charge on any atom is 0.289 e. The fraction of sp³-hybridized carbons (Fsp3) is 0.353. The Morgan fingerprint density at radius 3 is 2.73 bits per heavy atom. The van der Waals surface area contributed by atoms with Crippen molar-refractivity contribution in [3.63, 3.8) is 0 Å². The molecule has 22 heavy (non-hydrogen) atoms. The molecule has 4 nitrogen and oxygen atoms in total. The SMILES string of the molecule is NCC1CCCCN1C(=O)c1ccc(-c2ccc(F)cc2)o1. The summed E-state index contributed by atoms with van der Waals surface area (Å²) in [6, 6.07) is 9.49. The van der Waals surface area contributed by atoms with E-state index in [4.69, 9.17) is 10.2 Å². The Balaban J connectivity index is 1.80. The van der Waals surface area contributed by atoms with Crippen LogP contribution in [0.25, 0.3) is 11.3 Å². The monoisotopic (exact) mass is 302 g/mol. The van der Waals surface area contributed by atoms with Crippen LogP contribution in [0.2, 0.25) is 0 Å². The Kier molecular flexibility index (Phi) is 4.24. The quantitative estimate of drug-likeness (QED) is 0.948. The molecule has 1 fully saturated rings. The van der Waals surface area contributed by atoms with Crippen molar-refractivity contribution in [1.29, 1.82) is 0 Å². The Morgan fingerprint density at radius 1 is 1.23 bits per heavy atom. The molecule has 0 aliphatic carbocycles. The van der Waals surface area contributed by atoms with E-state index in [-0.39, 0.29) is 17.8 Å². The van der Waals surface area contributed by atoms with Crippen LogP contribution in [0, 0.1) is 5.82 Å². The molecule has 0 spiro atoms. The zero-order chi connectivity index (χ0) is 15.5. The van der Waals surface area contributed by atoms with E-state index >= 15 is 0 Å². The van der Waals surface area contributed by atoms with Crippen molar-refractivity contribution in [3.8, 4) is 11.3 Å². The summed E-state index contributed by atoms with van der Waals surface area (Å²) in [5, 5.41) is 0. The number of furan rings is 1. The second kappa shape index (κ2) is 6.32. The van der Waals surface area contributed by atoms with E-state index in [1.165, 1.54) is 12.1 Å². The van der Waals surface area contributed by atoms with E-state index in [0.29, 0.717) is 24.6 Å². The largest absolute Gasteiger partial charge is 0.451 e. The first-order valence-corrected chi connectivity index (χ1v) is 7.56. The lowest BCUT2D eigenvalue weighted by molar-refractivity contribution is 0.0592. The van der Waals surface area contributed by atoms with Crippen LogP contribution in [-0.2, 0) is 0 Å². The summed E-state index contributed by atoms with van der Waals surface area (Å²) in [6.45, 7) is 1.19. The lowest BCUT2D eigenvalue weighted by Crippen LogP contribution is -2.47. The maximum atomic E-state index is 13.0. The van der Waals surface area contributed by atoms with Crippen LogP contribution in [0.4, 0.5) is 4.39 Å². The molecule has 2 N–H and O–H groups in total. The molecule has 1 aromatic heterocycles. The summed E-state index contributed by atoms with van der Waals surface area (Å²) >= 11 is 0. The third-order valence-electron chi connectivity index (χ3n) is 4.11. The van der Waals surface area contributed by atoms with Gasteiger partial charge in [0.15, 0.2) is 5.76 Å². The number of hydrogen-bond acceptors (Lipinski definition) is 3. The molecular formula is C17H19FN2O2. The van der Waals surface area contributed by atoms with Gasteiger partial charge in [-0.3, -0.25) is 4.79 Å². The van der Waals surface area contributed by atoms with Crippen molar-refractivity contribution in [2.24, 2.45) is 5.73 Å². The number of amides is 1. The van der Waals surface area contributed by atoms with Crippen molar-refractivity contribution in [2.75, 3.05) is 13.1 Å². The lowest BCUT2D eigenvalue weighted by Gasteiger charge is -2.34. The van der Waals surface area contributed by atoms with Gasteiger partial charge in [-0.15, -0.1) is 0 Å². The second-order valence-electron chi connectivity index (χ2n) is 5.55. The Bertz CT molecular complexity index is 651. The van der Waals surface area contributed by atoms with Crippen molar-refractivity contribution in [1.82, 2.24) is 4.90 Å². The molecule has 1 saturated heterocycles. The average molecular weight is 302 g/mol. The fourth-order valence-corrected chi connectivity index (χ4v) is 2.88. The molecule has 5 heteroatoms. The number of carbonyl (C=O) groups is 1. The highest BCUT2D eigenvalue weighted by Gasteiger charge is 2.28. The topological polar surface area (TPSA) is 59.5 Å². The molecule has 1 aliphatic heterocycles.